The number of amides is 2. The van der Waals surface area contributed by atoms with E-state index in [1.807, 2.05) is 43.3 Å². The van der Waals surface area contributed by atoms with Gasteiger partial charge in [-0.2, -0.15) is 0 Å². The van der Waals surface area contributed by atoms with E-state index in [1.54, 1.807) is 0 Å². The van der Waals surface area contributed by atoms with Crippen LogP contribution in [0.1, 0.15) is 12.5 Å². The SMILES string of the molecule is CCOc1ccc(C2=C(Nc3ccc(N4CCN(C)CC4)cc3)C(=O)N(C)C2=O)cc1. The largest absolute Gasteiger partial charge is 0.494 e. The molecule has 1 saturated heterocycles. The molecule has 7 heteroatoms. The topological polar surface area (TPSA) is 65.1 Å². The van der Waals surface area contributed by atoms with E-state index in [9.17, 15) is 9.59 Å². The van der Waals surface area contributed by atoms with E-state index in [4.69, 9.17) is 4.74 Å². The third-order valence-electron chi connectivity index (χ3n) is 5.75. The molecule has 0 unspecified atom stereocenters. The third kappa shape index (κ3) is 4.27. The number of likely N-dealkylation sites (N-methyl/N-ethyl adjacent to an activating group) is 2. The summed E-state index contributed by atoms with van der Waals surface area (Å²) in [5.74, 6) is 0.0775. The molecule has 0 spiro atoms. The molecule has 0 aliphatic carbocycles. The lowest BCUT2D eigenvalue weighted by molar-refractivity contribution is -0.135. The van der Waals surface area contributed by atoms with E-state index < -0.39 is 0 Å². The van der Waals surface area contributed by atoms with Crippen LogP contribution in [0.2, 0.25) is 0 Å². The van der Waals surface area contributed by atoms with Gasteiger partial charge in [0.15, 0.2) is 0 Å². The fourth-order valence-electron chi connectivity index (χ4n) is 3.87. The van der Waals surface area contributed by atoms with Crippen molar-refractivity contribution in [3.05, 3.63) is 59.8 Å². The molecule has 2 amide bonds. The number of nitrogens with zero attached hydrogens (tertiary/aromatic N) is 3. The summed E-state index contributed by atoms with van der Waals surface area (Å²) in [5.41, 5.74) is 3.28. The monoisotopic (exact) mass is 420 g/mol. The first kappa shape index (κ1) is 20.9. The minimum absolute atomic E-state index is 0.295. The van der Waals surface area contributed by atoms with Crippen LogP contribution in [0.3, 0.4) is 0 Å². The molecule has 2 aromatic rings. The molecule has 2 aromatic carbocycles. The first-order chi connectivity index (χ1) is 15.0. The summed E-state index contributed by atoms with van der Waals surface area (Å²) in [7, 11) is 3.64. The van der Waals surface area contributed by atoms with Crippen molar-refractivity contribution >= 4 is 28.8 Å². The summed E-state index contributed by atoms with van der Waals surface area (Å²) in [4.78, 5) is 31.4. The van der Waals surface area contributed by atoms with Crippen LogP contribution in [0, 0.1) is 0 Å². The molecule has 0 saturated carbocycles. The summed E-state index contributed by atoms with van der Waals surface area (Å²) in [6, 6.07) is 15.2. The number of rotatable bonds is 6. The second-order valence-electron chi connectivity index (χ2n) is 7.84. The van der Waals surface area contributed by atoms with E-state index in [0.29, 0.717) is 23.4 Å². The van der Waals surface area contributed by atoms with Crippen LogP contribution < -0.4 is 15.0 Å². The molecule has 0 aromatic heterocycles. The number of anilines is 2. The number of hydrogen-bond acceptors (Lipinski definition) is 6. The van der Waals surface area contributed by atoms with E-state index in [2.05, 4.69) is 34.3 Å². The molecule has 0 radical (unpaired) electrons. The van der Waals surface area contributed by atoms with Gasteiger partial charge in [-0.05, 0) is 55.9 Å². The number of benzene rings is 2. The summed E-state index contributed by atoms with van der Waals surface area (Å²) < 4.78 is 5.48. The standard InChI is InChI=1S/C24H28N4O3/c1-4-31-20-11-5-17(6-12-20)21-22(24(30)27(3)23(21)29)25-18-7-9-19(10-8-18)28-15-13-26(2)14-16-28/h5-12,25H,4,13-16H2,1-3H3. The first-order valence-corrected chi connectivity index (χ1v) is 10.6. The Labute approximate surface area is 182 Å². The van der Waals surface area contributed by atoms with Gasteiger partial charge >= 0.3 is 0 Å². The van der Waals surface area contributed by atoms with Crippen molar-refractivity contribution in [3.63, 3.8) is 0 Å². The van der Waals surface area contributed by atoms with Crippen molar-refractivity contribution in [1.82, 2.24) is 9.80 Å². The Balaban J connectivity index is 1.58. The van der Waals surface area contributed by atoms with E-state index >= 15 is 0 Å². The van der Waals surface area contributed by atoms with Crippen molar-refractivity contribution in [2.24, 2.45) is 0 Å². The maximum Gasteiger partial charge on any atom is 0.277 e. The van der Waals surface area contributed by atoms with Crippen molar-refractivity contribution in [1.29, 1.82) is 0 Å². The van der Waals surface area contributed by atoms with Crippen LogP contribution >= 0.6 is 0 Å². The van der Waals surface area contributed by atoms with Gasteiger partial charge < -0.3 is 19.9 Å². The lowest BCUT2D eigenvalue weighted by Gasteiger charge is -2.34. The van der Waals surface area contributed by atoms with Crippen LogP contribution in [0.4, 0.5) is 11.4 Å². The van der Waals surface area contributed by atoms with Gasteiger partial charge in [0.25, 0.3) is 11.8 Å². The van der Waals surface area contributed by atoms with Gasteiger partial charge in [0, 0.05) is 44.6 Å². The molecule has 1 N–H and O–H groups in total. The zero-order valence-electron chi connectivity index (χ0n) is 18.2. The average Bonchev–Trinajstić information content (AvgIpc) is 2.99. The molecular weight excluding hydrogens is 392 g/mol. The normalized spacial score (nSPS) is 17.5. The highest BCUT2D eigenvalue weighted by atomic mass is 16.5. The highest BCUT2D eigenvalue weighted by molar-refractivity contribution is 6.36. The molecule has 0 atom stereocenters. The molecule has 162 valence electrons. The maximum atomic E-state index is 12.8. The molecule has 31 heavy (non-hydrogen) atoms. The molecule has 0 bridgehead atoms. The zero-order valence-corrected chi connectivity index (χ0v) is 18.2. The van der Waals surface area contributed by atoms with Gasteiger partial charge in [-0.25, -0.2) is 0 Å². The predicted molar refractivity (Wildman–Crippen MR) is 122 cm³/mol. The first-order valence-electron chi connectivity index (χ1n) is 10.6. The molecule has 2 aliphatic heterocycles. The lowest BCUT2D eigenvalue weighted by Crippen LogP contribution is -2.44. The van der Waals surface area contributed by atoms with Crippen LogP contribution in [0.25, 0.3) is 5.57 Å². The number of carbonyl (C=O) groups excluding carboxylic acids is 2. The number of hydrogen-bond donors (Lipinski definition) is 1. The van der Waals surface area contributed by atoms with Crippen LogP contribution in [-0.2, 0) is 9.59 Å². The van der Waals surface area contributed by atoms with Gasteiger partial charge in [-0.3, -0.25) is 14.5 Å². The summed E-state index contributed by atoms with van der Waals surface area (Å²) in [5, 5.41) is 3.19. The van der Waals surface area contributed by atoms with Crippen molar-refractivity contribution in [3.8, 4) is 5.75 Å². The Morgan fingerprint density at radius 3 is 2.13 bits per heavy atom. The zero-order chi connectivity index (χ0) is 22.0. The number of ether oxygens (including phenoxy) is 1. The summed E-state index contributed by atoms with van der Waals surface area (Å²) in [6.07, 6.45) is 0. The quantitative estimate of drug-likeness (QED) is 0.725. The minimum atomic E-state index is -0.336. The number of carbonyl (C=O) groups is 2. The number of piperazine rings is 1. The lowest BCUT2D eigenvalue weighted by atomic mass is 10.0. The van der Waals surface area contributed by atoms with Crippen molar-refractivity contribution < 1.29 is 14.3 Å². The highest BCUT2D eigenvalue weighted by Crippen LogP contribution is 2.31. The van der Waals surface area contributed by atoms with Gasteiger partial charge in [0.1, 0.15) is 11.4 Å². The minimum Gasteiger partial charge on any atom is -0.494 e. The van der Waals surface area contributed by atoms with Gasteiger partial charge in [0.2, 0.25) is 0 Å². The molecule has 1 fully saturated rings. The van der Waals surface area contributed by atoms with Gasteiger partial charge in [-0.1, -0.05) is 12.1 Å². The molecule has 2 heterocycles. The molecule has 4 rings (SSSR count). The average molecular weight is 421 g/mol. The predicted octanol–water partition coefficient (Wildman–Crippen LogP) is 2.66. The Morgan fingerprint density at radius 2 is 1.52 bits per heavy atom. The fraction of sp³-hybridized carbons (Fsp3) is 0.333. The Morgan fingerprint density at radius 1 is 0.871 bits per heavy atom. The Kier molecular flexibility index (Phi) is 5.95. The second-order valence-corrected chi connectivity index (χ2v) is 7.84. The van der Waals surface area contributed by atoms with Crippen molar-refractivity contribution in [2.45, 2.75) is 6.92 Å². The Bertz CT molecular complexity index is 990. The van der Waals surface area contributed by atoms with Crippen molar-refractivity contribution in [2.75, 3.05) is 57.1 Å². The molecule has 7 nitrogen and oxygen atoms in total. The third-order valence-corrected chi connectivity index (χ3v) is 5.75. The van der Waals surface area contributed by atoms with Gasteiger partial charge in [-0.15, -0.1) is 0 Å². The van der Waals surface area contributed by atoms with E-state index in [1.165, 1.54) is 7.05 Å². The van der Waals surface area contributed by atoms with Crippen LogP contribution in [-0.4, -0.2) is 68.5 Å². The number of nitrogens with one attached hydrogen (secondary N) is 1. The molecule has 2 aliphatic rings. The fourth-order valence-corrected chi connectivity index (χ4v) is 3.87. The maximum absolute atomic E-state index is 12.8. The second kappa shape index (κ2) is 8.81. The summed E-state index contributed by atoms with van der Waals surface area (Å²) in [6.45, 7) is 6.56. The number of imide groups is 1. The van der Waals surface area contributed by atoms with Crippen LogP contribution in [0.5, 0.6) is 5.75 Å². The smallest absolute Gasteiger partial charge is 0.277 e. The van der Waals surface area contributed by atoms with Gasteiger partial charge in [0.05, 0.1) is 12.2 Å². The molecular formula is C24H28N4O3. The van der Waals surface area contributed by atoms with E-state index in [0.717, 1.165) is 48.2 Å². The summed E-state index contributed by atoms with van der Waals surface area (Å²) >= 11 is 0. The Hall–Kier alpha value is -3.32. The highest BCUT2D eigenvalue weighted by Gasteiger charge is 2.36. The van der Waals surface area contributed by atoms with Crippen LogP contribution in [0.15, 0.2) is 54.2 Å². The van der Waals surface area contributed by atoms with E-state index in [-0.39, 0.29) is 11.8 Å².